The number of aromatic nitrogens is 2. The summed E-state index contributed by atoms with van der Waals surface area (Å²) in [5.74, 6) is 0.506. The van der Waals surface area contributed by atoms with Gasteiger partial charge in [0, 0.05) is 17.3 Å². The van der Waals surface area contributed by atoms with Gasteiger partial charge in [-0.05, 0) is 60.5 Å². The smallest absolute Gasteiger partial charge is 0.241 e. The number of fused-ring (bicyclic) bond motifs is 4. The van der Waals surface area contributed by atoms with Crippen LogP contribution in [0.1, 0.15) is 108 Å². The highest BCUT2D eigenvalue weighted by Crippen LogP contribution is 2.87. The molecule has 1 aliphatic heterocycles. The Balaban J connectivity index is 1.57. The van der Waals surface area contributed by atoms with E-state index in [1.165, 1.54) is 60.6 Å². The summed E-state index contributed by atoms with van der Waals surface area (Å²) in [6.45, 7) is 16.1. The van der Waals surface area contributed by atoms with Crippen molar-refractivity contribution in [1.29, 1.82) is 0 Å². The second-order valence-electron chi connectivity index (χ2n) is 12.9. The molecule has 2 fully saturated rings. The number of benzene rings is 1. The van der Waals surface area contributed by atoms with Gasteiger partial charge in [0.1, 0.15) is 11.2 Å². The SMILES string of the molecule is C=CC1c2cccc3cc[n+]4c5c(c(=O)n(c4c23)C1(C)CC)C1CC2(CCCCC)CC5(C)C12C. The molecule has 0 saturated heterocycles. The number of allylic oxidation sites excluding steroid dienone is 1. The van der Waals surface area contributed by atoms with Gasteiger partial charge >= 0.3 is 5.56 Å². The molecule has 2 saturated carbocycles. The Morgan fingerprint density at radius 2 is 1.97 bits per heavy atom. The Bertz CT molecular complexity index is 1520. The molecule has 1 aromatic carbocycles. The van der Waals surface area contributed by atoms with Crippen LogP contribution in [0.15, 0.2) is 47.9 Å². The highest BCUT2D eigenvalue weighted by molar-refractivity contribution is 5.96. The molecule has 6 unspecified atom stereocenters. The van der Waals surface area contributed by atoms with E-state index in [1.807, 2.05) is 0 Å². The quantitative estimate of drug-likeness (QED) is 0.168. The van der Waals surface area contributed by atoms with Gasteiger partial charge in [-0.15, -0.1) is 6.58 Å². The molecular weight excluding hydrogens is 428 g/mol. The Kier molecular flexibility index (Phi) is 4.03. The van der Waals surface area contributed by atoms with Gasteiger partial charge in [-0.3, -0.25) is 0 Å². The van der Waals surface area contributed by atoms with E-state index in [9.17, 15) is 4.79 Å². The lowest BCUT2D eigenvalue weighted by atomic mass is 9.26. The number of unbranched alkanes of at least 4 members (excludes halogenated alkanes) is 2. The van der Waals surface area contributed by atoms with Crippen molar-refractivity contribution < 1.29 is 4.40 Å². The van der Waals surface area contributed by atoms with Crippen LogP contribution in [0.3, 0.4) is 0 Å². The van der Waals surface area contributed by atoms with Crippen molar-refractivity contribution in [2.24, 2.45) is 10.8 Å². The maximum Gasteiger partial charge on any atom is 0.341 e. The molecule has 2 aromatic heterocycles. The highest BCUT2D eigenvalue weighted by atomic mass is 16.1. The zero-order valence-corrected chi connectivity index (χ0v) is 22.1. The van der Waals surface area contributed by atoms with E-state index in [0.717, 1.165) is 17.6 Å². The van der Waals surface area contributed by atoms with Crippen molar-refractivity contribution in [2.45, 2.75) is 102 Å². The zero-order valence-electron chi connectivity index (χ0n) is 22.1. The molecule has 4 aliphatic rings. The lowest BCUT2D eigenvalue weighted by molar-refractivity contribution is -0.536. The third-order valence-electron chi connectivity index (χ3n) is 12.0. The van der Waals surface area contributed by atoms with Crippen LogP contribution in [0.4, 0.5) is 0 Å². The first kappa shape index (κ1) is 21.8. The molecule has 0 radical (unpaired) electrons. The van der Waals surface area contributed by atoms with Crippen LogP contribution in [0.25, 0.3) is 16.4 Å². The fraction of sp³-hybridized carbons (Fsp3) is 0.562. The van der Waals surface area contributed by atoms with E-state index in [-0.39, 0.29) is 27.8 Å². The summed E-state index contributed by atoms with van der Waals surface area (Å²) >= 11 is 0. The van der Waals surface area contributed by atoms with Crippen LogP contribution >= 0.6 is 0 Å². The summed E-state index contributed by atoms with van der Waals surface area (Å²) in [4.78, 5) is 14.7. The van der Waals surface area contributed by atoms with Gasteiger partial charge < -0.3 is 0 Å². The molecule has 0 spiro atoms. The molecule has 3 aromatic rings. The molecule has 3 aliphatic carbocycles. The number of hydrogen-bond acceptors (Lipinski definition) is 1. The van der Waals surface area contributed by atoms with Crippen LogP contribution in [-0.4, -0.2) is 4.57 Å². The first-order chi connectivity index (χ1) is 16.7. The molecule has 0 bridgehead atoms. The fourth-order valence-electron chi connectivity index (χ4n) is 9.93. The van der Waals surface area contributed by atoms with Gasteiger partial charge in [0.2, 0.25) is 0 Å². The third kappa shape index (κ3) is 2.03. The summed E-state index contributed by atoms with van der Waals surface area (Å²) in [7, 11) is 0. The zero-order chi connectivity index (χ0) is 24.5. The summed E-state index contributed by atoms with van der Waals surface area (Å²) < 4.78 is 4.68. The Hall–Kier alpha value is -2.42. The second-order valence-corrected chi connectivity index (χ2v) is 12.9. The van der Waals surface area contributed by atoms with E-state index in [0.29, 0.717) is 11.3 Å². The van der Waals surface area contributed by atoms with Crippen LogP contribution < -0.4 is 9.96 Å². The minimum absolute atomic E-state index is 0.0703. The lowest BCUT2D eigenvalue weighted by Crippen LogP contribution is -2.72. The maximum atomic E-state index is 14.7. The van der Waals surface area contributed by atoms with Gasteiger partial charge in [0.05, 0.1) is 17.1 Å². The molecule has 0 amide bonds. The standard InChI is InChI=1S/C32H39N2O/c1-7-10-11-16-32-18-23-25-26(29(4,19-32)31(23,32)6)33-17-15-20-13-12-14-21-22(8-2)30(5,9-3)34(28(25)35)27(33)24(20)21/h8,12-15,17,22-23H,2,7,9-11,16,18-19H2,1,3-6H3/q+1. The summed E-state index contributed by atoms with van der Waals surface area (Å²) in [5.41, 5.74) is 5.55. The number of hydrogen-bond donors (Lipinski definition) is 0. The average molecular weight is 468 g/mol. The summed E-state index contributed by atoms with van der Waals surface area (Å²) in [6, 6.07) is 8.90. The van der Waals surface area contributed by atoms with E-state index >= 15 is 0 Å². The maximum absolute atomic E-state index is 14.7. The van der Waals surface area contributed by atoms with Crippen molar-refractivity contribution in [3.8, 4) is 0 Å². The Labute approximate surface area is 208 Å². The van der Waals surface area contributed by atoms with Gasteiger partial charge in [-0.2, -0.15) is 4.57 Å². The minimum atomic E-state index is -0.326. The largest absolute Gasteiger partial charge is 0.341 e. The summed E-state index contributed by atoms with van der Waals surface area (Å²) in [6.07, 6.45) is 12.9. The number of rotatable bonds is 6. The van der Waals surface area contributed by atoms with Crippen LogP contribution in [-0.2, 0) is 11.0 Å². The van der Waals surface area contributed by atoms with Crippen molar-refractivity contribution in [1.82, 2.24) is 4.57 Å². The molecule has 3 heteroatoms. The first-order valence-corrected chi connectivity index (χ1v) is 13.9. The number of nitrogens with zero attached hydrogens (tertiary/aromatic N) is 2. The predicted molar refractivity (Wildman–Crippen MR) is 142 cm³/mol. The molecule has 3 heterocycles. The van der Waals surface area contributed by atoms with Crippen molar-refractivity contribution in [3.05, 3.63) is 70.3 Å². The molecule has 7 rings (SSSR count). The molecular formula is C32H39N2O+. The monoisotopic (exact) mass is 467 g/mol. The molecule has 3 nitrogen and oxygen atoms in total. The second kappa shape index (κ2) is 6.47. The fourth-order valence-corrected chi connectivity index (χ4v) is 9.93. The predicted octanol–water partition coefficient (Wildman–Crippen LogP) is 6.88. The van der Waals surface area contributed by atoms with E-state index in [1.54, 1.807) is 0 Å². The number of pyridine rings is 1. The molecule has 6 atom stereocenters. The van der Waals surface area contributed by atoms with Crippen LogP contribution in [0.5, 0.6) is 0 Å². The van der Waals surface area contributed by atoms with Crippen LogP contribution in [0.2, 0.25) is 0 Å². The minimum Gasteiger partial charge on any atom is -0.241 e. The molecule has 182 valence electrons. The van der Waals surface area contributed by atoms with Gasteiger partial charge in [-0.25, -0.2) is 9.20 Å². The lowest BCUT2D eigenvalue weighted by Gasteiger charge is -2.76. The topological polar surface area (TPSA) is 26.1 Å². The van der Waals surface area contributed by atoms with Crippen molar-refractivity contribution in [2.75, 3.05) is 0 Å². The molecule has 0 N–H and O–H groups in total. The Morgan fingerprint density at radius 3 is 2.69 bits per heavy atom. The van der Waals surface area contributed by atoms with E-state index in [2.05, 4.69) is 86.7 Å². The Morgan fingerprint density at radius 1 is 1.17 bits per heavy atom. The highest BCUT2D eigenvalue weighted by Gasteiger charge is 2.84. The van der Waals surface area contributed by atoms with Crippen molar-refractivity contribution in [3.63, 3.8) is 0 Å². The normalized spacial score (nSPS) is 37.7. The van der Waals surface area contributed by atoms with Gasteiger partial charge in [0.15, 0.2) is 0 Å². The van der Waals surface area contributed by atoms with Gasteiger partial charge in [0.25, 0.3) is 5.65 Å². The third-order valence-corrected chi connectivity index (χ3v) is 12.0. The van der Waals surface area contributed by atoms with Gasteiger partial charge in [-0.1, -0.05) is 71.2 Å². The van der Waals surface area contributed by atoms with Crippen molar-refractivity contribution >= 4 is 16.4 Å². The summed E-state index contributed by atoms with van der Waals surface area (Å²) in [5, 5.41) is 2.47. The van der Waals surface area contributed by atoms with Crippen LogP contribution in [0, 0.1) is 10.8 Å². The molecule has 35 heavy (non-hydrogen) atoms. The first-order valence-electron chi connectivity index (χ1n) is 13.9. The average Bonchev–Trinajstić information content (AvgIpc) is 2.94. The van der Waals surface area contributed by atoms with E-state index < -0.39 is 0 Å². The van der Waals surface area contributed by atoms with E-state index in [4.69, 9.17) is 0 Å².